The third-order valence-corrected chi connectivity index (χ3v) is 3.17. The molecule has 3 nitrogen and oxygen atoms in total. The third-order valence-electron chi connectivity index (χ3n) is 3.17. The zero-order valence-corrected chi connectivity index (χ0v) is 11.2. The van der Waals surface area contributed by atoms with E-state index in [1.807, 2.05) is 67.7 Å². The lowest BCUT2D eigenvalue weighted by atomic mass is 10.0. The first-order valence-corrected chi connectivity index (χ1v) is 6.44. The van der Waals surface area contributed by atoms with Gasteiger partial charge in [0.15, 0.2) is 0 Å². The van der Waals surface area contributed by atoms with Crippen molar-refractivity contribution in [3.63, 3.8) is 0 Å². The van der Waals surface area contributed by atoms with Crippen molar-refractivity contribution in [2.24, 2.45) is 7.05 Å². The highest BCUT2D eigenvalue weighted by Gasteiger charge is 2.11. The molecule has 0 N–H and O–H groups in total. The first-order valence-electron chi connectivity index (χ1n) is 6.44. The minimum absolute atomic E-state index is 0.0412. The minimum atomic E-state index is -0.0412. The number of aromatic nitrogens is 2. The van der Waals surface area contributed by atoms with Crippen molar-refractivity contribution in [3.05, 3.63) is 77.1 Å². The smallest absolute Gasteiger partial charge is 0.215 e. The van der Waals surface area contributed by atoms with Crippen LogP contribution in [0.2, 0.25) is 0 Å². The second kappa shape index (κ2) is 5.13. The molecule has 0 spiro atoms. The van der Waals surface area contributed by atoms with Gasteiger partial charge in [-0.1, -0.05) is 60.7 Å². The van der Waals surface area contributed by atoms with Crippen LogP contribution in [0.4, 0.5) is 0 Å². The summed E-state index contributed by atoms with van der Waals surface area (Å²) < 4.78 is 1.69. The zero-order chi connectivity index (χ0) is 13.9. The summed E-state index contributed by atoms with van der Waals surface area (Å²) in [6.45, 7) is 0. The van der Waals surface area contributed by atoms with E-state index >= 15 is 0 Å². The Morgan fingerprint density at radius 1 is 0.850 bits per heavy atom. The molecule has 3 rings (SSSR count). The molecule has 0 fully saturated rings. The van der Waals surface area contributed by atoms with Gasteiger partial charge in [-0.3, -0.25) is 9.48 Å². The predicted octanol–water partition coefficient (Wildman–Crippen LogP) is 3.11. The van der Waals surface area contributed by atoms with Crippen molar-refractivity contribution in [1.29, 1.82) is 0 Å². The lowest BCUT2D eigenvalue weighted by Gasteiger charge is -2.07. The summed E-state index contributed by atoms with van der Waals surface area (Å²) in [7, 11) is 1.83. The largest absolute Gasteiger partial charge is 0.287 e. The fourth-order valence-corrected chi connectivity index (χ4v) is 2.21. The Morgan fingerprint density at radius 3 is 2.00 bits per heavy atom. The molecule has 1 aromatic heterocycles. The number of hydrogen-bond acceptors (Lipinski definition) is 2. The Balaban J connectivity index is 2.25. The van der Waals surface area contributed by atoms with E-state index in [0.29, 0.717) is 11.3 Å². The van der Waals surface area contributed by atoms with Crippen LogP contribution in [0.5, 0.6) is 0 Å². The van der Waals surface area contributed by atoms with E-state index in [2.05, 4.69) is 5.10 Å². The molecule has 0 saturated heterocycles. The quantitative estimate of drug-likeness (QED) is 0.711. The zero-order valence-electron chi connectivity index (χ0n) is 11.2. The van der Waals surface area contributed by atoms with Crippen LogP contribution in [0.3, 0.4) is 0 Å². The summed E-state index contributed by atoms with van der Waals surface area (Å²) in [6.07, 6.45) is 1.77. The monoisotopic (exact) mass is 262 g/mol. The molecule has 0 aliphatic heterocycles. The first kappa shape index (κ1) is 12.4. The summed E-state index contributed by atoms with van der Waals surface area (Å²) in [5.41, 5.74) is 2.86. The lowest BCUT2D eigenvalue weighted by Crippen LogP contribution is -2.15. The van der Waals surface area contributed by atoms with Gasteiger partial charge in [0.25, 0.3) is 0 Å². The predicted molar refractivity (Wildman–Crippen MR) is 80.4 cm³/mol. The van der Waals surface area contributed by atoms with Crippen LogP contribution in [0.15, 0.2) is 71.7 Å². The number of rotatable bonds is 2. The SMILES string of the molecule is Cn1cc(-c2ccccc2)c(=O)c(-c2ccccc2)n1. The number of benzene rings is 2. The standard InChI is InChI=1S/C17H14N2O/c1-19-12-15(13-8-4-2-5-9-13)17(20)16(18-19)14-10-6-3-7-11-14/h2-12H,1H3. The fourth-order valence-electron chi connectivity index (χ4n) is 2.21. The van der Waals surface area contributed by atoms with Crippen LogP contribution in [0.25, 0.3) is 22.4 Å². The van der Waals surface area contributed by atoms with E-state index in [1.165, 1.54) is 0 Å². The molecular formula is C17H14N2O. The fraction of sp³-hybridized carbons (Fsp3) is 0.0588. The second-order valence-electron chi connectivity index (χ2n) is 4.63. The highest BCUT2D eigenvalue weighted by Crippen LogP contribution is 2.18. The van der Waals surface area contributed by atoms with E-state index in [-0.39, 0.29) is 5.43 Å². The van der Waals surface area contributed by atoms with E-state index in [9.17, 15) is 4.79 Å². The third kappa shape index (κ3) is 2.26. The maximum atomic E-state index is 12.6. The molecule has 0 saturated carbocycles. The van der Waals surface area contributed by atoms with Gasteiger partial charge in [-0.25, -0.2) is 0 Å². The number of nitrogens with zero attached hydrogens (tertiary/aromatic N) is 2. The molecule has 0 bridgehead atoms. The average molecular weight is 262 g/mol. The number of aryl methyl sites for hydroxylation is 1. The molecule has 0 aliphatic carbocycles. The van der Waals surface area contributed by atoms with Crippen LogP contribution < -0.4 is 5.43 Å². The average Bonchev–Trinajstić information content (AvgIpc) is 2.51. The summed E-state index contributed by atoms with van der Waals surface area (Å²) in [6, 6.07) is 19.2. The Kier molecular flexibility index (Phi) is 3.17. The van der Waals surface area contributed by atoms with Crippen LogP contribution in [0.1, 0.15) is 0 Å². The molecule has 0 unspecified atom stereocenters. The molecule has 98 valence electrons. The molecule has 0 radical (unpaired) electrons. The van der Waals surface area contributed by atoms with Crippen LogP contribution in [-0.4, -0.2) is 9.78 Å². The minimum Gasteiger partial charge on any atom is -0.287 e. The van der Waals surface area contributed by atoms with Crippen molar-refractivity contribution < 1.29 is 0 Å². The normalized spacial score (nSPS) is 10.4. The molecule has 0 atom stereocenters. The van der Waals surface area contributed by atoms with E-state index in [4.69, 9.17) is 0 Å². The Labute approximate surface area is 117 Å². The molecule has 2 aromatic carbocycles. The van der Waals surface area contributed by atoms with Crippen molar-refractivity contribution in [1.82, 2.24) is 9.78 Å². The maximum Gasteiger partial charge on any atom is 0.215 e. The highest BCUT2D eigenvalue weighted by molar-refractivity contribution is 5.69. The van der Waals surface area contributed by atoms with Gasteiger partial charge in [0, 0.05) is 24.4 Å². The molecule has 0 amide bonds. The molecule has 3 heteroatoms. The van der Waals surface area contributed by atoms with Gasteiger partial charge >= 0.3 is 0 Å². The summed E-state index contributed by atoms with van der Waals surface area (Å²) in [5.74, 6) is 0. The van der Waals surface area contributed by atoms with Crippen LogP contribution in [-0.2, 0) is 7.05 Å². The van der Waals surface area contributed by atoms with E-state index < -0.39 is 0 Å². The van der Waals surface area contributed by atoms with Gasteiger partial charge in [-0.2, -0.15) is 5.10 Å². The Hall–Kier alpha value is -2.68. The lowest BCUT2D eigenvalue weighted by molar-refractivity contribution is 0.741. The van der Waals surface area contributed by atoms with Crippen molar-refractivity contribution in [2.75, 3.05) is 0 Å². The Bertz CT molecular complexity index is 713. The van der Waals surface area contributed by atoms with Gasteiger partial charge in [0.2, 0.25) is 5.43 Å². The van der Waals surface area contributed by atoms with Crippen molar-refractivity contribution in [3.8, 4) is 22.4 Å². The topological polar surface area (TPSA) is 34.9 Å². The van der Waals surface area contributed by atoms with Gasteiger partial charge in [-0.05, 0) is 5.56 Å². The second-order valence-corrected chi connectivity index (χ2v) is 4.63. The maximum absolute atomic E-state index is 12.6. The van der Waals surface area contributed by atoms with E-state index in [0.717, 1.165) is 11.1 Å². The van der Waals surface area contributed by atoms with Gasteiger partial charge in [-0.15, -0.1) is 0 Å². The summed E-state index contributed by atoms with van der Waals surface area (Å²) in [4.78, 5) is 12.6. The first-order chi connectivity index (χ1) is 9.75. The van der Waals surface area contributed by atoms with Gasteiger partial charge in [0.1, 0.15) is 5.69 Å². The van der Waals surface area contributed by atoms with E-state index in [1.54, 1.807) is 10.9 Å². The summed E-state index contributed by atoms with van der Waals surface area (Å²) >= 11 is 0. The van der Waals surface area contributed by atoms with Crippen molar-refractivity contribution in [2.45, 2.75) is 0 Å². The van der Waals surface area contributed by atoms with Crippen LogP contribution in [0, 0.1) is 0 Å². The van der Waals surface area contributed by atoms with Crippen molar-refractivity contribution >= 4 is 0 Å². The molecule has 20 heavy (non-hydrogen) atoms. The molecule has 3 aromatic rings. The number of hydrogen-bond donors (Lipinski definition) is 0. The highest BCUT2D eigenvalue weighted by atomic mass is 16.1. The molecule has 1 heterocycles. The Morgan fingerprint density at radius 2 is 1.40 bits per heavy atom. The van der Waals surface area contributed by atoms with Gasteiger partial charge in [0.05, 0.1) is 0 Å². The summed E-state index contributed by atoms with van der Waals surface area (Å²) in [5, 5.41) is 4.33. The van der Waals surface area contributed by atoms with Gasteiger partial charge < -0.3 is 0 Å². The molecular weight excluding hydrogens is 248 g/mol. The van der Waals surface area contributed by atoms with Crippen LogP contribution >= 0.6 is 0 Å². The molecule has 0 aliphatic rings.